The molecule has 0 radical (unpaired) electrons. The molecule has 0 aromatic carbocycles. The summed E-state index contributed by atoms with van der Waals surface area (Å²) >= 11 is 0. The number of hydrogen-bond donors (Lipinski definition) is 0. The van der Waals surface area contributed by atoms with Gasteiger partial charge in [-0.25, -0.2) is 4.79 Å². The third-order valence-corrected chi connectivity index (χ3v) is 4.40. The maximum Gasteiger partial charge on any atom is 0.339 e. The van der Waals surface area contributed by atoms with Crippen LogP contribution in [-0.4, -0.2) is 86.5 Å². The summed E-state index contributed by atoms with van der Waals surface area (Å²) in [6.07, 6.45) is -5.86. The van der Waals surface area contributed by atoms with Crippen LogP contribution in [-0.2, 0) is 61.9 Å². The van der Waals surface area contributed by atoms with E-state index in [1.807, 2.05) is 0 Å². The van der Waals surface area contributed by atoms with Gasteiger partial charge in [0.25, 0.3) is 0 Å². The molecule has 1 aliphatic rings. The summed E-state index contributed by atoms with van der Waals surface area (Å²) in [5, 5.41) is 0. The second-order valence-electron chi connectivity index (χ2n) is 8.74. The quantitative estimate of drug-likeness (QED) is 0.174. The van der Waals surface area contributed by atoms with Crippen LogP contribution in [0.4, 0.5) is 0 Å². The van der Waals surface area contributed by atoms with Crippen LogP contribution in [0.25, 0.3) is 0 Å². The standard InChI is InChI=1S/C23H34O13/c1-12(24)30-11-17-18(33-13(2)25)19(34-14(3)26)20(35-15(4)27)22(36-17)31-9-16(21(28)29-8)10-32-23(5,6)7/h9,17-20,22H,10-11H2,1-8H3/b16-9+/t17-,18-,19+,20-,22-/m1/s1. The molecule has 0 saturated carbocycles. The maximum atomic E-state index is 12.2. The Morgan fingerprint density at radius 1 is 0.806 bits per heavy atom. The molecule has 1 rings (SSSR count). The molecule has 0 bridgehead atoms. The molecule has 36 heavy (non-hydrogen) atoms. The van der Waals surface area contributed by atoms with E-state index in [1.54, 1.807) is 20.8 Å². The third kappa shape index (κ3) is 10.6. The molecule has 5 atom stereocenters. The van der Waals surface area contributed by atoms with Crippen LogP contribution < -0.4 is 0 Å². The minimum Gasteiger partial charge on any atom is -0.468 e. The van der Waals surface area contributed by atoms with E-state index in [2.05, 4.69) is 0 Å². The van der Waals surface area contributed by atoms with E-state index in [0.29, 0.717) is 0 Å². The monoisotopic (exact) mass is 518 g/mol. The lowest BCUT2D eigenvalue weighted by Crippen LogP contribution is -2.62. The molecule has 13 nitrogen and oxygen atoms in total. The Kier molecular flexibility index (Phi) is 11.8. The van der Waals surface area contributed by atoms with Gasteiger partial charge in [0.1, 0.15) is 12.7 Å². The number of carbonyl (C=O) groups is 5. The van der Waals surface area contributed by atoms with Gasteiger partial charge in [0.05, 0.1) is 31.2 Å². The highest BCUT2D eigenvalue weighted by Gasteiger charge is 2.53. The highest BCUT2D eigenvalue weighted by atomic mass is 16.7. The lowest BCUT2D eigenvalue weighted by Gasteiger charge is -2.43. The number of methoxy groups -OCH3 is 1. The fourth-order valence-electron chi connectivity index (χ4n) is 3.01. The zero-order valence-electron chi connectivity index (χ0n) is 21.7. The lowest BCUT2D eigenvalue weighted by molar-refractivity contribution is -0.297. The zero-order valence-corrected chi connectivity index (χ0v) is 21.7. The van der Waals surface area contributed by atoms with Gasteiger partial charge in [0.15, 0.2) is 12.2 Å². The zero-order chi connectivity index (χ0) is 27.6. The predicted octanol–water partition coefficient (Wildman–Crippen LogP) is 0.958. The average Bonchev–Trinajstić information content (AvgIpc) is 2.73. The molecule has 0 amide bonds. The van der Waals surface area contributed by atoms with Crippen LogP contribution in [0.3, 0.4) is 0 Å². The molecule has 0 aromatic heterocycles. The highest BCUT2D eigenvalue weighted by Crippen LogP contribution is 2.30. The summed E-state index contributed by atoms with van der Waals surface area (Å²) < 4.78 is 42.7. The number of ether oxygens (including phenoxy) is 8. The van der Waals surface area contributed by atoms with Crippen LogP contribution in [0.15, 0.2) is 11.8 Å². The molecule has 0 N–H and O–H groups in total. The van der Waals surface area contributed by atoms with Gasteiger partial charge < -0.3 is 37.9 Å². The molecule has 1 fully saturated rings. The van der Waals surface area contributed by atoms with Crippen molar-refractivity contribution in [3.63, 3.8) is 0 Å². The summed E-state index contributed by atoms with van der Waals surface area (Å²) in [6.45, 7) is 9.19. The number of rotatable bonds is 10. The molecule has 13 heteroatoms. The normalized spacial score (nSPS) is 24.2. The van der Waals surface area contributed by atoms with E-state index in [0.717, 1.165) is 34.0 Å². The SMILES string of the molecule is COC(=O)/C(=C/O[C@@H]1O[C@H](COC(C)=O)[C@@H](OC(C)=O)[C@H](OC(C)=O)[C@H]1OC(C)=O)COC(C)(C)C. The van der Waals surface area contributed by atoms with E-state index in [9.17, 15) is 24.0 Å². The summed E-state index contributed by atoms with van der Waals surface area (Å²) in [6, 6.07) is 0. The first-order valence-electron chi connectivity index (χ1n) is 11.0. The fourth-order valence-corrected chi connectivity index (χ4v) is 3.01. The van der Waals surface area contributed by atoms with E-state index < -0.39 is 72.8 Å². The summed E-state index contributed by atoms with van der Waals surface area (Å²) in [5.41, 5.74) is -0.637. The van der Waals surface area contributed by atoms with Gasteiger partial charge in [0, 0.05) is 27.7 Å². The molecule has 1 saturated heterocycles. The summed E-state index contributed by atoms with van der Waals surface area (Å²) in [5.74, 6) is -3.75. The Bertz CT molecular complexity index is 841. The van der Waals surface area contributed by atoms with Crippen LogP contribution in [0.2, 0.25) is 0 Å². The van der Waals surface area contributed by atoms with Crippen molar-refractivity contribution >= 4 is 29.8 Å². The number of carbonyl (C=O) groups excluding carboxylic acids is 5. The second-order valence-corrected chi connectivity index (χ2v) is 8.74. The molecule has 0 aliphatic carbocycles. The topological polar surface area (TPSA) is 159 Å². The van der Waals surface area contributed by atoms with Crippen LogP contribution >= 0.6 is 0 Å². The van der Waals surface area contributed by atoms with Gasteiger partial charge in [-0.3, -0.25) is 19.2 Å². The van der Waals surface area contributed by atoms with Crippen molar-refractivity contribution < 1.29 is 61.9 Å². The van der Waals surface area contributed by atoms with E-state index >= 15 is 0 Å². The Hall–Kier alpha value is -3.19. The van der Waals surface area contributed by atoms with Crippen molar-refractivity contribution in [2.45, 2.75) is 84.8 Å². The van der Waals surface area contributed by atoms with Crippen LogP contribution in [0.5, 0.6) is 0 Å². The van der Waals surface area contributed by atoms with Crippen molar-refractivity contribution in [1.29, 1.82) is 0 Å². The Labute approximate surface area is 209 Å². The molecule has 0 unspecified atom stereocenters. The smallest absolute Gasteiger partial charge is 0.339 e. The molecule has 1 aliphatic heterocycles. The van der Waals surface area contributed by atoms with Gasteiger partial charge in [-0.1, -0.05) is 0 Å². The van der Waals surface area contributed by atoms with Gasteiger partial charge in [-0.15, -0.1) is 0 Å². The molecule has 0 spiro atoms. The summed E-state index contributed by atoms with van der Waals surface area (Å²) in [7, 11) is 1.17. The van der Waals surface area contributed by atoms with Crippen LogP contribution in [0, 0.1) is 0 Å². The maximum absolute atomic E-state index is 12.2. The van der Waals surface area contributed by atoms with Crippen LogP contribution in [0.1, 0.15) is 48.5 Å². The van der Waals surface area contributed by atoms with Crippen molar-refractivity contribution in [2.75, 3.05) is 20.3 Å². The average molecular weight is 519 g/mol. The molecule has 1 heterocycles. The number of esters is 5. The first-order valence-corrected chi connectivity index (χ1v) is 11.0. The van der Waals surface area contributed by atoms with Gasteiger partial charge in [0.2, 0.25) is 12.4 Å². The van der Waals surface area contributed by atoms with Crippen molar-refractivity contribution in [2.24, 2.45) is 0 Å². The molecular formula is C23H34O13. The fraction of sp³-hybridized carbons (Fsp3) is 0.696. The van der Waals surface area contributed by atoms with Crippen molar-refractivity contribution in [1.82, 2.24) is 0 Å². The largest absolute Gasteiger partial charge is 0.468 e. The van der Waals surface area contributed by atoms with Gasteiger partial charge in [-0.05, 0) is 20.8 Å². The molecule has 0 aromatic rings. The second kappa shape index (κ2) is 13.8. The minimum absolute atomic E-state index is 0.0414. The van der Waals surface area contributed by atoms with E-state index in [-0.39, 0.29) is 12.2 Å². The van der Waals surface area contributed by atoms with E-state index in [1.165, 1.54) is 7.11 Å². The highest BCUT2D eigenvalue weighted by molar-refractivity contribution is 5.88. The first kappa shape index (κ1) is 30.8. The van der Waals surface area contributed by atoms with Gasteiger partial charge in [-0.2, -0.15) is 0 Å². The Morgan fingerprint density at radius 2 is 1.33 bits per heavy atom. The molecule has 204 valence electrons. The Balaban J connectivity index is 3.43. The third-order valence-electron chi connectivity index (χ3n) is 4.40. The summed E-state index contributed by atoms with van der Waals surface area (Å²) in [4.78, 5) is 59.1. The first-order chi connectivity index (χ1) is 16.6. The predicted molar refractivity (Wildman–Crippen MR) is 119 cm³/mol. The number of hydrogen-bond acceptors (Lipinski definition) is 13. The van der Waals surface area contributed by atoms with Crippen molar-refractivity contribution in [3.05, 3.63) is 11.8 Å². The van der Waals surface area contributed by atoms with Crippen molar-refractivity contribution in [3.8, 4) is 0 Å². The molecular weight excluding hydrogens is 484 g/mol. The van der Waals surface area contributed by atoms with Gasteiger partial charge >= 0.3 is 29.8 Å². The Morgan fingerprint density at radius 3 is 1.81 bits per heavy atom. The lowest BCUT2D eigenvalue weighted by atomic mass is 9.98. The van der Waals surface area contributed by atoms with E-state index in [4.69, 9.17) is 37.9 Å². The minimum atomic E-state index is -1.49.